The lowest BCUT2D eigenvalue weighted by Crippen LogP contribution is -2.24. The molecule has 70 valence electrons. The number of carbonyl (C=O) groups is 1. The second-order valence-corrected chi connectivity index (χ2v) is 3.68. The minimum Gasteiger partial charge on any atom is -0.477 e. The lowest BCUT2D eigenvalue weighted by Gasteiger charge is -2.07. The van der Waals surface area contributed by atoms with Gasteiger partial charge in [-0.2, -0.15) is 11.8 Å². The highest BCUT2D eigenvalue weighted by atomic mass is 32.2. The van der Waals surface area contributed by atoms with Crippen molar-refractivity contribution in [2.75, 3.05) is 12.9 Å². The van der Waals surface area contributed by atoms with E-state index in [0.29, 0.717) is 0 Å². The lowest BCUT2D eigenvalue weighted by molar-refractivity contribution is -0.129. The number of rotatable bonds is 5. The van der Waals surface area contributed by atoms with Crippen LogP contribution in [0.5, 0.6) is 0 Å². The topological polar surface area (TPSA) is 58.9 Å². The molecule has 0 radical (unpaired) electrons. The summed E-state index contributed by atoms with van der Waals surface area (Å²) in [5.41, 5.74) is 0.0596. The highest BCUT2D eigenvalue weighted by Gasteiger charge is 2.18. The van der Waals surface area contributed by atoms with Crippen molar-refractivity contribution < 1.29 is 14.7 Å². The van der Waals surface area contributed by atoms with E-state index in [4.69, 9.17) is 5.11 Å². The molecule has 4 nitrogen and oxygen atoms in total. The molecule has 1 N–H and O–H groups in total. The monoisotopic (exact) mass is 191 g/mol. The summed E-state index contributed by atoms with van der Waals surface area (Å²) in [5.74, 6) is -0.165. The van der Waals surface area contributed by atoms with Crippen molar-refractivity contribution in [3.05, 3.63) is 0 Å². The molecular formula is C7H13NO3S. The molecule has 1 unspecified atom stereocenters. The molecule has 1 atom stereocenters. The maximum Gasteiger partial charge on any atom is 0.354 e. The van der Waals surface area contributed by atoms with E-state index >= 15 is 0 Å². The summed E-state index contributed by atoms with van der Waals surface area (Å²) in [6.07, 6.45) is 0. The van der Waals surface area contributed by atoms with Gasteiger partial charge < -0.3 is 9.94 Å². The Morgan fingerprint density at radius 3 is 2.67 bits per heavy atom. The van der Waals surface area contributed by atoms with Gasteiger partial charge in [-0.15, -0.1) is 0 Å². The van der Waals surface area contributed by atoms with Crippen LogP contribution < -0.4 is 0 Å². The number of aliphatic carboxylic acids is 1. The Labute approximate surface area is 76.0 Å². The predicted molar refractivity (Wildman–Crippen MR) is 49.7 cm³/mol. The van der Waals surface area contributed by atoms with Gasteiger partial charge >= 0.3 is 5.97 Å². The summed E-state index contributed by atoms with van der Waals surface area (Å²) in [7, 11) is 1.34. The van der Waals surface area contributed by atoms with Crippen molar-refractivity contribution in [3.8, 4) is 0 Å². The molecule has 0 bridgehead atoms. The van der Waals surface area contributed by atoms with Gasteiger partial charge in [-0.05, 0) is 12.7 Å². The third-order valence-corrected chi connectivity index (χ3v) is 2.27. The third kappa shape index (κ3) is 3.61. The van der Waals surface area contributed by atoms with Crippen molar-refractivity contribution >= 4 is 23.4 Å². The van der Waals surface area contributed by atoms with Crippen LogP contribution in [0.15, 0.2) is 5.16 Å². The fourth-order valence-corrected chi connectivity index (χ4v) is 1.52. The summed E-state index contributed by atoms with van der Waals surface area (Å²) in [5, 5.41) is 12.0. The first-order valence-electron chi connectivity index (χ1n) is 3.59. The minimum absolute atomic E-state index is 0.0596. The van der Waals surface area contributed by atoms with Crippen LogP contribution in [0.3, 0.4) is 0 Å². The molecule has 0 aromatic heterocycles. The van der Waals surface area contributed by atoms with Crippen molar-refractivity contribution in [2.24, 2.45) is 5.16 Å². The highest BCUT2D eigenvalue weighted by molar-refractivity contribution is 8.00. The van der Waals surface area contributed by atoms with Gasteiger partial charge in [-0.3, -0.25) is 0 Å². The van der Waals surface area contributed by atoms with Crippen molar-refractivity contribution in [3.63, 3.8) is 0 Å². The molecule has 0 spiro atoms. The number of hydrogen-bond acceptors (Lipinski definition) is 4. The molecule has 0 amide bonds. The van der Waals surface area contributed by atoms with E-state index < -0.39 is 5.97 Å². The molecule has 0 aliphatic rings. The van der Waals surface area contributed by atoms with Crippen molar-refractivity contribution in [2.45, 2.75) is 19.1 Å². The lowest BCUT2D eigenvalue weighted by atomic mass is 10.3. The van der Waals surface area contributed by atoms with E-state index in [1.807, 2.05) is 6.92 Å². The van der Waals surface area contributed by atoms with Gasteiger partial charge in [0.1, 0.15) is 7.11 Å². The van der Waals surface area contributed by atoms with E-state index in [1.165, 1.54) is 18.9 Å². The maximum atomic E-state index is 10.6. The van der Waals surface area contributed by atoms with Gasteiger partial charge in [0.25, 0.3) is 0 Å². The van der Waals surface area contributed by atoms with Crippen LogP contribution in [0.4, 0.5) is 0 Å². The fourth-order valence-electron chi connectivity index (χ4n) is 0.714. The smallest absolute Gasteiger partial charge is 0.354 e. The van der Waals surface area contributed by atoms with Gasteiger partial charge in [0.2, 0.25) is 0 Å². The largest absolute Gasteiger partial charge is 0.477 e. The number of nitrogens with zero attached hydrogens (tertiary/aromatic N) is 1. The number of hydrogen-bond donors (Lipinski definition) is 1. The molecule has 0 saturated carbocycles. The molecule has 0 fully saturated rings. The molecule has 0 saturated heterocycles. The Bertz CT molecular complexity index is 181. The van der Waals surface area contributed by atoms with Gasteiger partial charge in [-0.1, -0.05) is 12.1 Å². The Morgan fingerprint density at radius 2 is 2.33 bits per heavy atom. The normalized spacial score (nSPS) is 14.1. The molecule has 0 aromatic carbocycles. The molecule has 0 rings (SSSR count). The summed E-state index contributed by atoms with van der Waals surface area (Å²) < 4.78 is 0. The summed E-state index contributed by atoms with van der Waals surface area (Å²) in [4.78, 5) is 15.0. The zero-order valence-corrected chi connectivity index (χ0v) is 8.22. The summed E-state index contributed by atoms with van der Waals surface area (Å²) >= 11 is 1.52. The average Bonchev–Trinajstić information content (AvgIpc) is 1.99. The quantitative estimate of drug-likeness (QED) is 0.524. The van der Waals surface area contributed by atoms with Gasteiger partial charge in [0.15, 0.2) is 5.71 Å². The van der Waals surface area contributed by atoms with Crippen LogP contribution in [0.1, 0.15) is 13.8 Å². The van der Waals surface area contributed by atoms with Crippen LogP contribution in [0, 0.1) is 0 Å². The number of carboxylic acids is 1. The number of oxime groups is 1. The van der Waals surface area contributed by atoms with Gasteiger partial charge in [-0.25, -0.2) is 4.79 Å². The van der Waals surface area contributed by atoms with Crippen molar-refractivity contribution in [1.82, 2.24) is 0 Å². The molecular weight excluding hydrogens is 178 g/mol. The first kappa shape index (κ1) is 11.3. The maximum absolute atomic E-state index is 10.6. The van der Waals surface area contributed by atoms with Crippen LogP contribution in [0.25, 0.3) is 0 Å². The van der Waals surface area contributed by atoms with E-state index in [-0.39, 0.29) is 11.0 Å². The standard InChI is InChI=1S/C7H13NO3S/c1-4-12-5(2)6(7(9)10)8-11-3/h5H,4H2,1-3H3,(H,9,10). The Balaban J connectivity index is 4.30. The fraction of sp³-hybridized carbons (Fsp3) is 0.714. The molecule has 0 aromatic rings. The van der Waals surface area contributed by atoms with Crippen LogP contribution in [-0.2, 0) is 9.63 Å². The van der Waals surface area contributed by atoms with Crippen LogP contribution >= 0.6 is 11.8 Å². The zero-order chi connectivity index (χ0) is 9.56. The van der Waals surface area contributed by atoms with Gasteiger partial charge in [0, 0.05) is 0 Å². The first-order chi connectivity index (χ1) is 5.63. The number of thioether (sulfide) groups is 1. The Kier molecular flexibility index (Phi) is 5.53. The average molecular weight is 191 g/mol. The Morgan fingerprint density at radius 1 is 1.75 bits per heavy atom. The minimum atomic E-state index is -1.02. The van der Waals surface area contributed by atoms with E-state index in [1.54, 1.807) is 6.92 Å². The summed E-state index contributed by atoms with van der Waals surface area (Å²) in [6, 6.07) is 0. The van der Waals surface area contributed by atoms with E-state index in [9.17, 15) is 4.79 Å². The second-order valence-electron chi connectivity index (χ2n) is 2.06. The molecule has 0 aliphatic carbocycles. The first-order valence-corrected chi connectivity index (χ1v) is 4.64. The zero-order valence-electron chi connectivity index (χ0n) is 7.40. The summed E-state index contributed by atoms with van der Waals surface area (Å²) in [6.45, 7) is 3.76. The van der Waals surface area contributed by atoms with Crippen LogP contribution in [0.2, 0.25) is 0 Å². The predicted octanol–water partition coefficient (Wildman–Crippen LogP) is 1.22. The molecule has 5 heteroatoms. The SMILES string of the molecule is CCSC(C)C(=NOC)C(=O)O. The third-order valence-electron chi connectivity index (χ3n) is 1.21. The Hall–Kier alpha value is -0.710. The molecule has 12 heavy (non-hydrogen) atoms. The van der Waals surface area contributed by atoms with Gasteiger partial charge in [0.05, 0.1) is 5.25 Å². The van der Waals surface area contributed by atoms with E-state index in [0.717, 1.165) is 5.75 Å². The molecule has 0 heterocycles. The van der Waals surface area contributed by atoms with Crippen molar-refractivity contribution in [1.29, 1.82) is 0 Å². The second kappa shape index (κ2) is 5.88. The highest BCUT2D eigenvalue weighted by Crippen LogP contribution is 2.11. The van der Waals surface area contributed by atoms with E-state index in [2.05, 4.69) is 9.99 Å². The van der Waals surface area contributed by atoms with Crippen LogP contribution in [-0.4, -0.2) is 34.9 Å². The molecule has 0 aliphatic heterocycles. The number of carboxylic acid groups (broad SMARTS) is 1.